The second-order valence-electron chi connectivity index (χ2n) is 5.66. The van der Waals surface area contributed by atoms with Crippen molar-refractivity contribution in [3.05, 3.63) is 35.3 Å². The Bertz CT molecular complexity index is 836. The van der Waals surface area contributed by atoms with Gasteiger partial charge in [0.05, 0.1) is 19.2 Å². The van der Waals surface area contributed by atoms with Crippen LogP contribution in [0.15, 0.2) is 30.5 Å². The van der Waals surface area contributed by atoms with E-state index >= 15 is 0 Å². The lowest BCUT2D eigenvalue weighted by Crippen LogP contribution is -2.31. The molecule has 1 aromatic carbocycles. The monoisotopic (exact) mass is 374 g/mol. The summed E-state index contributed by atoms with van der Waals surface area (Å²) in [5, 5.41) is 8.22. The second kappa shape index (κ2) is 7.96. The van der Waals surface area contributed by atoms with Crippen LogP contribution < -0.4 is 20.7 Å². The van der Waals surface area contributed by atoms with E-state index in [1.165, 1.54) is 11.3 Å². The Morgan fingerprint density at radius 3 is 2.88 bits per heavy atom. The van der Waals surface area contributed by atoms with Crippen LogP contribution in [-0.4, -0.2) is 36.0 Å². The molecule has 3 N–H and O–H groups in total. The highest BCUT2D eigenvalue weighted by molar-refractivity contribution is 7.15. The summed E-state index contributed by atoms with van der Waals surface area (Å²) < 4.78 is 5.34. The van der Waals surface area contributed by atoms with Crippen LogP contribution in [-0.2, 0) is 16.1 Å². The number of methoxy groups -OCH3 is 1. The van der Waals surface area contributed by atoms with E-state index in [4.69, 9.17) is 4.74 Å². The number of rotatable bonds is 7. The normalized spacial score (nSPS) is 16.1. The molecule has 0 bridgehead atoms. The Hall–Kier alpha value is -2.94. The Morgan fingerprint density at radius 2 is 2.15 bits per heavy atom. The molecule has 1 saturated heterocycles. The molecule has 1 aliphatic heterocycles. The zero-order valence-corrected chi connectivity index (χ0v) is 14.9. The van der Waals surface area contributed by atoms with Crippen molar-refractivity contribution >= 4 is 29.2 Å². The van der Waals surface area contributed by atoms with E-state index in [2.05, 4.69) is 20.9 Å². The standard InChI is InChI=1S/C17H18N4O4S/c1-25-13-5-3-2-4-11(13)16-19-9-10(26-16)8-18-14(22)7-6-12-15(23)21-17(24)20-12/h2-5,9,12H,6-8H2,1H3,(H,18,22)(H2,20,21,23,24). The number of nitrogens with one attached hydrogen (secondary N) is 3. The number of urea groups is 1. The predicted octanol–water partition coefficient (Wildman–Crippen LogP) is 1.42. The lowest BCUT2D eigenvalue weighted by atomic mass is 10.1. The van der Waals surface area contributed by atoms with Gasteiger partial charge in [0.25, 0.3) is 5.91 Å². The van der Waals surface area contributed by atoms with Gasteiger partial charge in [0, 0.05) is 17.5 Å². The van der Waals surface area contributed by atoms with Gasteiger partial charge in [0.1, 0.15) is 16.8 Å². The lowest BCUT2D eigenvalue weighted by molar-refractivity contribution is -0.122. The van der Waals surface area contributed by atoms with E-state index < -0.39 is 18.0 Å². The van der Waals surface area contributed by atoms with Gasteiger partial charge < -0.3 is 15.4 Å². The Morgan fingerprint density at radius 1 is 1.35 bits per heavy atom. The van der Waals surface area contributed by atoms with Gasteiger partial charge >= 0.3 is 6.03 Å². The summed E-state index contributed by atoms with van der Waals surface area (Å²) in [6, 6.07) is 6.45. The highest BCUT2D eigenvalue weighted by atomic mass is 32.1. The summed E-state index contributed by atoms with van der Waals surface area (Å²) >= 11 is 1.47. The van der Waals surface area contributed by atoms with E-state index in [0.717, 1.165) is 21.2 Å². The van der Waals surface area contributed by atoms with Gasteiger partial charge in [-0.2, -0.15) is 0 Å². The number of imide groups is 1. The number of para-hydroxylation sites is 1. The maximum atomic E-state index is 11.9. The van der Waals surface area contributed by atoms with Crippen LogP contribution in [0.4, 0.5) is 4.79 Å². The van der Waals surface area contributed by atoms with Gasteiger partial charge in [0.15, 0.2) is 0 Å². The smallest absolute Gasteiger partial charge is 0.322 e. The topological polar surface area (TPSA) is 109 Å². The van der Waals surface area contributed by atoms with Crippen LogP contribution in [0.2, 0.25) is 0 Å². The van der Waals surface area contributed by atoms with Crippen molar-refractivity contribution in [3.8, 4) is 16.3 Å². The van der Waals surface area contributed by atoms with E-state index in [-0.39, 0.29) is 18.7 Å². The minimum Gasteiger partial charge on any atom is -0.496 e. The quantitative estimate of drug-likeness (QED) is 0.635. The molecule has 0 radical (unpaired) electrons. The average molecular weight is 374 g/mol. The molecule has 0 saturated carbocycles. The third-order valence-electron chi connectivity index (χ3n) is 3.87. The first-order chi connectivity index (χ1) is 12.6. The average Bonchev–Trinajstić information content (AvgIpc) is 3.24. The van der Waals surface area contributed by atoms with Crippen LogP contribution in [0.5, 0.6) is 5.75 Å². The molecule has 0 spiro atoms. The van der Waals surface area contributed by atoms with Crippen molar-refractivity contribution < 1.29 is 19.1 Å². The number of hydrogen-bond acceptors (Lipinski definition) is 6. The fraction of sp³-hybridized carbons (Fsp3) is 0.294. The molecule has 8 nitrogen and oxygen atoms in total. The first-order valence-electron chi connectivity index (χ1n) is 8.03. The summed E-state index contributed by atoms with van der Waals surface area (Å²) in [6.07, 6.45) is 2.13. The molecule has 1 fully saturated rings. The minimum atomic E-state index is -0.645. The molecule has 3 rings (SSSR count). The number of amides is 4. The van der Waals surface area contributed by atoms with Gasteiger partial charge in [-0.25, -0.2) is 9.78 Å². The number of hydrogen-bond donors (Lipinski definition) is 3. The fourth-order valence-electron chi connectivity index (χ4n) is 2.55. The summed E-state index contributed by atoms with van der Waals surface area (Å²) in [4.78, 5) is 39.7. The van der Waals surface area contributed by atoms with Gasteiger partial charge in [-0.1, -0.05) is 12.1 Å². The molecule has 4 amide bonds. The highest BCUT2D eigenvalue weighted by Gasteiger charge is 2.29. The van der Waals surface area contributed by atoms with Crippen LogP contribution in [0.3, 0.4) is 0 Å². The number of carbonyl (C=O) groups excluding carboxylic acids is 3. The fourth-order valence-corrected chi connectivity index (χ4v) is 3.43. The van der Waals surface area contributed by atoms with Crippen LogP contribution in [0, 0.1) is 0 Å². The maximum Gasteiger partial charge on any atom is 0.322 e. The van der Waals surface area contributed by atoms with Gasteiger partial charge in [0.2, 0.25) is 5.91 Å². The van der Waals surface area contributed by atoms with E-state index in [0.29, 0.717) is 6.54 Å². The largest absolute Gasteiger partial charge is 0.496 e. The number of nitrogens with zero attached hydrogens (tertiary/aromatic N) is 1. The molecule has 2 aromatic rings. The molecule has 1 atom stereocenters. The zero-order chi connectivity index (χ0) is 18.5. The molecule has 1 aliphatic rings. The molecule has 2 heterocycles. The molecule has 0 aliphatic carbocycles. The predicted molar refractivity (Wildman–Crippen MR) is 95.6 cm³/mol. The Balaban J connectivity index is 1.51. The first-order valence-corrected chi connectivity index (χ1v) is 8.84. The second-order valence-corrected chi connectivity index (χ2v) is 6.78. The Labute approximate surface area is 154 Å². The minimum absolute atomic E-state index is 0.149. The lowest BCUT2D eigenvalue weighted by Gasteiger charge is -2.07. The number of thiazole rings is 1. The van der Waals surface area contributed by atoms with E-state index in [1.807, 2.05) is 24.3 Å². The number of benzene rings is 1. The van der Waals surface area contributed by atoms with Crippen molar-refractivity contribution in [2.24, 2.45) is 0 Å². The SMILES string of the molecule is COc1ccccc1-c1ncc(CNC(=O)CCC2NC(=O)NC2=O)s1. The highest BCUT2D eigenvalue weighted by Crippen LogP contribution is 2.32. The summed E-state index contributed by atoms with van der Waals surface area (Å²) in [5.41, 5.74) is 0.903. The van der Waals surface area contributed by atoms with Gasteiger partial charge in [-0.15, -0.1) is 11.3 Å². The van der Waals surface area contributed by atoms with Crippen molar-refractivity contribution in [3.63, 3.8) is 0 Å². The van der Waals surface area contributed by atoms with E-state index in [1.54, 1.807) is 13.3 Å². The number of carbonyl (C=O) groups is 3. The van der Waals surface area contributed by atoms with Crippen molar-refractivity contribution in [2.45, 2.75) is 25.4 Å². The third-order valence-corrected chi connectivity index (χ3v) is 4.90. The molecular formula is C17H18N4O4S. The zero-order valence-electron chi connectivity index (χ0n) is 14.1. The summed E-state index contributed by atoms with van der Waals surface area (Å²) in [5.74, 6) is 0.159. The number of aromatic nitrogens is 1. The molecule has 1 aromatic heterocycles. The van der Waals surface area contributed by atoms with Crippen molar-refractivity contribution in [1.29, 1.82) is 0 Å². The summed E-state index contributed by atoms with van der Waals surface area (Å²) in [7, 11) is 1.61. The van der Waals surface area contributed by atoms with Crippen LogP contribution in [0.25, 0.3) is 10.6 Å². The molecule has 26 heavy (non-hydrogen) atoms. The van der Waals surface area contributed by atoms with Crippen molar-refractivity contribution in [1.82, 2.24) is 20.9 Å². The maximum absolute atomic E-state index is 11.9. The molecule has 1 unspecified atom stereocenters. The van der Waals surface area contributed by atoms with Crippen LogP contribution >= 0.6 is 11.3 Å². The number of ether oxygens (including phenoxy) is 1. The summed E-state index contributed by atoms with van der Waals surface area (Å²) in [6.45, 7) is 0.356. The van der Waals surface area contributed by atoms with Crippen molar-refractivity contribution in [2.75, 3.05) is 7.11 Å². The van der Waals surface area contributed by atoms with Gasteiger partial charge in [-0.05, 0) is 18.6 Å². The Kier molecular flexibility index (Phi) is 5.47. The molecule has 136 valence electrons. The molecule has 9 heteroatoms. The first kappa shape index (κ1) is 17.9. The third kappa shape index (κ3) is 4.17. The van der Waals surface area contributed by atoms with E-state index in [9.17, 15) is 14.4 Å². The van der Waals surface area contributed by atoms with Gasteiger partial charge in [-0.3, -0.25) is 14.9 Å². The molecular weight excluding hydrogens is 356 g/mol. The van der Waals surface area contributed by atoms with Crippen LogP contribution in [0.1, 0.15) is 17.7 Å².